The first-order chi connectivity index (χ1) is 9.66. The Morgan fingerprint density at radius 2 is 2.20 bits per heavy atom. The van der Waals surface area contributed by atoms with Crippen molar-refractivity contribution in [2.24, 2.45) is 0 Å². The Morgan fingerprint density at radius 1 is 1.35 bits per heavy atom. The van der Waals surface area contributed by atoms with Crippen LogP contribution in [0.2, 0.25) is 0 Å². The lowest BCUT2D eigenvalue weighted by atomic mass is 10.3. The summed E-state index contributed by atoms with van der Waals surface area (Å²) >= 11 is 1.04. The van der Waals surface area contributed by atoms with Crippen molar-refractivity contribution < 1.29 is 9.31 Å². The molecule has 0 spiro atoms. The number of nitrogens with one attached hydrogen (secondary N) is 1. The Balaban J connectivity index is 1.88. The predicted octanol–water partition coefficient (Wildman–Crippen LogP) is 2.97. The zero-order valence-corrected chi connectivity index (χ0v) is 11.3. The molecule has 2 rings (SSSR count). The van der Waals surface area contributed by atoms with E-state index in [2.05, 4.69) is 9.71 Å². The van der Waals surface area contributed by atoms with Gasteiger partial charge in [-0.3, -0.25) is 19.8 Å². The SMILES string of the molecule is O=[N+]([O-])c1ccc(F)c(SNCCc2ccccn2)c1. The van der Waals surface area contributed by atoms with E-state index in [-0.39, 0.29) is 10.6 Å². The number of halogens is 1. The van der Waals surface area contributed by atoms with Crippen molar-refractivity contribution in [3.8, 4) is 0 Å². The molecule has 0 atom stereocenters. The summed E-state index contributed by atoms with van der Waals surface area (Å²) in [4.78, 5) is 14.5. The highest BCUT2D eigenvalue weighted by molar-refractivity contribution is 7.97. The average molecular weight is 293 g/mol. The van der Waals surface area contributed by atoms with Crippen LogP contribution in [0.3, 0.4) is 0 Å². The summed E-state index contributed by atoms with van der Waals surface area (Å²) < 4.78 is 16.5. The molecule has 0 amide bonds. The third kappa shape index (κ3) is 4.01. The predicted molar refractivity (Wildman–Crippen MR) is 74.9 cm³/mol. The number of nitro groups is 1. The molecule has 1 aromatic heterocycles. The topological polar surface area (TPSA) is 68.1 Å². The summed E-state index contributed by atoms with van der Waals surface area (Å²) in [7, 11) is 0. The van der Waals surface area contributed by atoms with Crippen LogP contribution < -0.4 is 4.72 Å². The second-order valence-electron chi connectivity index (χ2n) is 3.94. The van der Waals surface area contributed by atoms with Gasteiger partial charge in [0, 0.05) is 37.0 Å². The number of hydrogen-bond acceptors (Lipinski definition) is 5. The van der Waals surface area contributed by atoms with Gasteiger partial charge in [-0.25, -0.2) is 4.39 Å². The second kappa shape index (κ2) is 6.97. The van der Waals surface area contributed by atoms with Gasteiger partial charge in [-0.2, -0.15) is 0 Å². The number of nitro benzene ring substituents is 1. The van der Waals surface area contributed by atoms with Crippen LogP contribution in [0.4, 0.5) is 10.1 Å². The van der Waals surface area contributed by atoms with Gasteiger partial charge in [0.15, 0.2) is 0 Å². The molecule has 2 aromatic rings. The Labute approximate surface area is 119 Å². The van der Waals surface area contributed by atoms with Gasteiger partial charge in [-0.1, -0.05) is 6.07 Å². The number of non-ortho nitro benzene ring substituents is 1. The molecule has 0 unspecified atom stereocenters. The van der Waals surface area contributed by atoms with E-state index in [0.29, 0.717) is 13.0 Å². The Kier molecular flexibility index (Phi) is 5.03. The molecule has 1 heterocycles. The van der Waals surface area contributed by atoms with Crippen molar-refractivity contribution in [1.82, 2.24) is 9.71 Å². The molecule has 0 saturated carbocycles. The molecule has 20 heavy (non-hydrogen) atoms. The van der Waals surface area contributed by atoms with E-state index >= 15 is 0 Å². The standard InChI is InChI=1S/C13H12FN3O2S/c14-12-5-4-11(17(18)19)9-13(12)20-16-8-6-10-3-1-2-7-15-10/h1-5,7,9,16H,6,8H2. The normalized spacial score (nSPS) is 10.4. The van der Waals surface area contributed by atoms with Crippen LogP contribution in [0.5, 0.6) is 0 Å². The third-order valence-electron chi connectivity index (χ3n) is 2.52. The number of hydrogen-bond donors (Lipinski definition) is 1. The van der Waals surface area contributed by atoms with E-state index in [1.54, 1.807) is 6.20 Å². The maximum Gasteiger partial charge on any atom is 0.270 e. The van der Waals surface area contributed by atoms with Crippen LogP contribution >= 0.6 is 11.9 Å². The summed E-state index contributed by atoms with van der Waals surface area (Å²) in [6, 6.07) is 9.10. The number of nitrogens with zero attached hydrogens (tertiary/aromatic N) is 2. The molecule has 0 aliphatic rings. The largest absolute Gasteiger partial charge is 0.270 e. The quantitative estimate of drug-likeness (QED) is 0.384. The van der Waals surface area contributed by atoms with E-state index in [1.807, 2.05) is 18.2 Å². The number of benzene rings is 1. The molecular weight excluding hydrogens is 281 g/mol. The number of rotatable bonds is 6. The van der Waals surface area contributed by atoms with E-state index < -0.39 is 10.7 Å². The lowest BCUT2D eigenvalue weighted by molar-refractivity contribution is -0.385. The lowest BCUT2D eigenvalue weighted by Crippen LogP contribution is -2.09. The van der Waals surface area contributed by atoms with Crippen LogP contribution in [-0.2, 0) is 6.42 Å². The minimum absolute atomic E-state index is 0.125. The highest BCUT2D eigenvalue weighted by Crippen LogP contribution is 2.24. The number of aromatic nitrogens is 1. The minimum atomic E-state index is -0.544. The fourth-order valence-electron chi connectivity index (χ4n) is 1.54. The highest BCUT2D eigenvalue weighted by atomic mass is 32.2. The smallest absolute Gasteiger partial charge is 0.261 e. The van der Waals surface area contributed by atoms with Gasteiger partial charge in [0.2, 0.25) is 0 Å². The van der Waals surface area contributed by atoms with E-state index in [9.17, 15) is 14.5 Å². The van der Waals surface area contributed by atoms with Gasteiger partial charge in [0.1, 0.15) is 5.82 Å². The first-order valence-electron chi connectivity index (χ1n) is 5.90. The van der Waals surface area contributed by atoms with Gasteiger partial charge in [-0.15, -0.1) is 0 Å². The van der Waals surface area contributed by atoms with E-state index in [4.69, 9.17) is 0 Å². The molecule has 5 nitrogen and oxygen atoms in total. The minimum Gasteiger partial charge on any atom is -0.261 e. The molecule has 0 radical (unpaired) electrons. The van der Waals surface area contributed by atoms with Crippen molar-refractivity contribution >= 4 is 17.6 Å². The van der Waals surface area contributed by atoms with Gasteiger partial charge in [0.05, 0.1) is 9.82 Å². The van der Waals surface area contributed by atoms with Crippen LogP contribution in [-0.4, -0.2) is 16.5 Å². The Morgan fingerprint density at radius 3 is 2.90 bits per heavy atom. The first-order valence-corrected chi connectivity index (χ1v) is 6.72. The molecule has 0 bridgehead atoms. The van der Waals surface area contributed by atoms with Crippen molar-refractivity contribution in [2.75, 3.05) is 6.54 Å². The molecule has 104 valence electrons. The Hall–Kier alpha value is -1.99. The zero-order valence-electron chi connectivity index (χ0n) is 10.5. The highest BCUT2D eigenvalue weighted by Gasteiger charge is 2.11. The monoisotopic (exact) mass is 293 g/mol. The fourth-order valence-corrected chi connectivity index (χ4v) is 2.24. The van der Waals surface area contributed by atoms with Crippen molar-refractivity contribution in [1.29, 1.82) is 0 Å². The summed E-state index contributed by atoms with van der Waals surface area (Å²) in [5, 5.41) is 10.6. The van der Waals surface area contributed by atoms with E-state index in [0.717, 1.165) is 29.8 Å². The third-order valence-corrected chi connectivity index (χ3v) is 3.40. The fraction of sp³-hybridized carbons (Fsp3) is 0.154. The van der Waals surface area contributed by atoms with Crippen molar-refractivity contribution in [3.05, 3.63) is 64.2 Å². The average Bonchev–Trinajstić information content (AvgIpc) is 2.46. The van der Waals surface area contributed by atoms with Crippen LogP contribution in [0.1, 0.15) is 5.69 Å². The molecular formula is C13H12FN3O2S. The van der Waals surface area contributed by atoms with E-state index in [1.165, 1.54) is 6.07 Å². The van der Waals surface area contributed by atoms with Crippen LogP contribution in [0, 0.1) is 15.9 Å². The van der Waals surface area contributed by atoms with Crippen molar-refractivity contribution in [2.45, 2.75) is 11.3 Å². The van der Waals surface area contributed by atoms with Crippen LogP contribution in [0.15, 0.2) is 47.5 Å². The van der Waals surface area contributed by atoms with Gasteiger partial charge in [-0.05, 0) is 30.1 Å². The molecule has 7 heteroatoms. The van der Waals surface area contributed by atoms with Gasteiger partial charge < -0.3 is 0 Å². The van der Waals surface area contributed by atoms with Crippen molar-refractivity contribution in [3.63, 3.8) is 0 Å². The molecule has 1 N–H and O–H groups in total. The Bertz CT molecular complexity index is 595. The van der Waals surface area contributed by atoms with Gasteiger partial charge >= 0.3 is 0 Å². The summed E-state index contributed by atoms with van der Waals surface area (Å²) in [5.41, 5.74) is 0.806. The first kappa shape index (κ1) is 14.4. The second-order valence-corrected chi connectivity index (χ2v) is 4.87. The maximum absolute atomic E-state index is 13.5. The molecule has 0 aliphatic carbocycles. The molecule has 0 saturated heterocycles. The summed E-state index contributed by atoms with van der Waals surface area (Å²) in [6.07, 6.45) is 2.41. The maximum atomic E-state index is 13.5. The van der Waals surface area contributed by atoms with Gasteiger partial charge in [0.25, 0.3) is 5.69 Å². The molecule has 0 aliphatic heterocycles. The number of pyridine rings is 1. The summed E-state index contributed by atoms with van der Waals surface area (Å²) in [6.45, 7) is 0.587. The molecule has 0 fully saturated rings. The lowest BCUT2D eigenvalue weighted by Gasteiger charge is -2.05. The van der Waals surface area contributed by atoms with Crippen LogP contribution in [0.25, 0.3) is 0 Å². The molecule has 1 aromatic carbocycles. The zero-order chi connectivity index (χ0) is 14.4. The summed E-state index contributed by atoms with van der Waals surface area (Å²) in [5.74, 6) is -0.481.